The number of aromatic nitrogens is 2. The van der Waals surface area contributed by atoms with Crippen molar-refractivity contribution in [2.45, 2.75) is 37.6 Å². The monoisotopic (exact) mass is 468 g/mol. The minimum atomic E-state index is -3.83. The number of carbonyl (C=O) groups excluding carboxylic acids is 1. The van der Waals surface area contributed by atoms with Crippen LogP contribution < -0.4 is 10.0 Å². The molecule has 0 spiro atoms. The summed E-state index contributed by atoms with van der Waals surface area (Å²) in [6.45, 7) is -0.851. The van der Waals surface area contributed by atoms with Gasteiger partial charge in [-0.25, -0.2) is 21.5 Å². The Morgan fingerprint density at radius 3 is 2.48 bits per heavy atom. The van der Waals surface area contributed by atoms with Crippen LogP contribution >= 0.6 is 11.6 Å². The summed E-state index contributed by atoms with van der Waals surface area (Å²) in [6, 6.07) is 9.36. The molecule has 2 N–H and O–H groups in total. The van der Waals surface area contributed by atoms with Crippen LogP contribution in [0, 0.1) is 0 Å². The van der Waals surface area contributed by atoms with Crippen molar-refractivity contribution in [2.24, 2.45) is 0 Å². The van der Waals surface area contributed by atoms with Crippen molar-refractivity contribution in [3.63, 3.8) is 0 Å². The Morgan fingerprint density at radius 1 is 1.23 bits per heavy atom. The van der Waals surface area contributed by atoms with E-state index in [4.69, 9.17) is 17.3 Å². The van der Waals surface area contributed by atoms with E-state index in [0.717, 1.165) is 8.99 Å². The summed E-state index contributed by atoms with van der Waals surface area (Å²) in [4.78, 5) is 10.9. The maximum absolute atomic E-state index is 13.3. The molecule has 0 aliphatic heterocycles. The van der Waals surface area contributed by atoms with Crippen LogP contribution in [0.1, 0.15) is 28.8 Å². The van der Waals surface area contributed by atoms with Crippen molar-refractivity contribution in [3.8, 4) is 0 Å². The molecule has 11 heteroatoms. The first-order valence-electron chi connectivity index (χ1n) is 9.50. The molecule has 0 amide bonds. The van der Waals surface area contributed by atoms with Crippen molar-refractivity contribution in [3.05, 3.63) is 52.5 Å². The largest absolute Gasteiger partial charge is 0.397 e. The van der Waals surface area contributed by atoms with Crippen LogP contribution in [-0.2, 0) is 23.1 Å². The molecule has 1 fully saturated rings. The molecule has 0 atom stereocenters. The number of nitrogens with zero attached hydrogens (tertiary/aromatic N) is 3. The van der Waals surface area contributed by atoms with Gasteiger partial charge in [-0.15, -0.1) is 0 Å². The molecule has 1 aromatic heterocycles. The number of nitrogen functional groups attached to an aromatic ring is 1. The van der Waals surface area contributed by atoms with Crippen LogP contribution in [0.2, 0.25) is 5.02 Å². The van der Waals surface area contributed by atoms with E-state index >= 15 is 0 Å². The quantitative estimate of drug-likeness (QED) is 0.400. The number of anilines is 2. The second-order valence-electron chi connectivity index (χ2n) is 7.37. The Hall–Kier alpha value is -2.72. The van der Waals surface area contributed by atoms with Gasteiger partial charge in [-0.3, -0.25) is 9.48 Å². The zero-order chi connectivity index (χ0) is 22.3. The van der Waals surface area contributed by atoms with E-state index < -0.39 is 28.2 Å². The molecular weight excluding hydrogens is 450 g/mol. The van der Waals surface area contributed by atoms with Crippen LogP contribution in [0.15, 0.2) is 36.4 Å². The third-order valence-corrected chi connectivity index (χ3v) is 7.64. The van der Waals surface area contributed by atoms with Gasteiger partial charge in [-0.1, -0.05) is 35.9 Å². The molecule has 2 aromatic carbocycles. The minimum absolute atomic E-state index is 0.0423. The summed E-state index contributed by atoms with van der Waals surface area (Å²) in [5.41, 5.74) is 7.39. The maximum atomic E-state index is 13.3. The Bertz CT molecular complexity index is 1240. The predicted octanol–water partition coefficient (Wildman–Crippen LogP) is 3.85. The molecule has 164 valence electrons. The first-order chi connectivity index (χ1) is 14.7. The number of hydrogen-bond donors (Lipinski definition) is 1. The highest BCUT2D eigenvalue weighted by Gasteiger charge is 2.42. The molecule has 1 aliphatic carbocycles. The van der Waals surface area contributed by atoms with Gasteiger partial charge in [0.15, 0.2) is 5.82 Å². The summed E-state index contributed by atoms with van der Waals surface area (Å²) < 4.78 is 55.1. The zero-order valence-corrected chi connectivity index (χ0v) is 17.8. The van der Waals surface area contributed by atoms with E-state index in [0.29, 0.717) is 30.3 Å². The number of fused-ring (bicyclic) bond motifs is 1. The Balaban J connectivity index is 1.90. The highest BCUT2D eigenvalue weighted by atomic mass is 35.5. The van der Waals surface area contributed by atoms with Gasteiger partial charge in [0.1, 0.15) is 12.8 Å². The lowest BCUT2D eigenvalue weighted by Gasteiger charge is -2.23. The fourth-order valence-corrected chi connectivity index (χ4v) is 5.45. The number of benzene rings is 2. The summed E-state index contributed by atoms with van der Waals surface area (Å²) in [6.07, 6.45) is -1.02. The molecule has 0 bridgehead atoms. The van der Waals surface area contributed by atoms with Gasteiger partial charge in [0, 0.05) is 5.56 Å². The van der Waals surface area contributed by atoms with Crippen molar-refractivity contribution < 1.29 is 22.0 Å². The first kappa shape index (κ1) is 21.5. The number of sulfonamides is 1. The second-order valence-corrected chi connectivity index (χ2v) is 9.91. The fourth-order valence-electron chi connectivity index (χ4n) is 3.42. The average Bonchev–Trinajstić information content (AvgIpc) is 3.52. The molecule has 31 heavy (non-hydrogen) atoms. The van der Waals surface area contributed by atoms with Gasteiger partial charge < -0.3 is 5.73 Å². The van der Waals surface area contributed by atoms with Gasteiger partial charge in [0.25, 0.3) is 6.43 Å². The number of carbonyl (C=O) groups is 1. The third kappa shape index (κ3) is 4.09. The number of nitrogens with two attached hydrogens (primary N) is 1. The van der Waals surface area contributed by atoms with Crippen LogP contribution in [-0.4, -0.2) is 36.2 Å². The van der Waals surface area contributed by atoms with Gasteiger partial charge >= 0.3 is 0 Å². The van der Waals surface area contributed by atoms with Crippen LogP contribution in [0.25, 0.3) is 10.9 Å². The molecule has 3 aromatic rings. The predicted molar refractivity (Wildman–Crippen MR) is 115 cm³/mol. The SMILES string of the molecule is Nc1ccc(Cl)c2c(N(Cc3ccc(C=O)cc3)S(=O)(=O)C3CC3)nn(CC(F)F)c12. The number of hydrogen-bond acceptors (Lipinski definition) is 5. The lowest BCUT2D eigenvalue weighted by atomic mass is 10.1. The smallest absolute Gasteiger partial charge is 0.257 e. The highest BCUT2D eigenvalue weighted by molar-refractivity contribution is 7.93. The second kappa shape index (κ2) is 8.08. The van der Waals surface area contributed by atoms with E-state index in [1.54, 1.807) is 24.3 Å². The number of halogens is 3. The molecule has 0 saturated heterocycles. The van der Waals surface area contributed by atoms with Gasteiger partial charge in [0.05, 0.1) is 33.4 Å². The normalized spacial score (nSPS) is 14.3. The van der Waals surface area contributed by atoms with E-state index in [1.165, 1.54) is 12.1 Å². The molecule has 4 rings (SSSR count). The third-order valence-electron chi connectivity index (χ3n) is 5.10. The van der Waals surface area contributed by atoms with E-state index in [2.05, 4.69) is 5.10 Å². The van der Waals surface area contributed by atoms with E-state index in [1.807, 2.05) is 0 Å². The number of aldehydes is 1. The molecule has 1 heterocycles. The average molecular weight is 469 g/mol. The standard InChI is InChI=1S/C20H19ClF2N4O3S/c21-15-7-8-16(24)19-18(15)20(25-26(19)10-17(22)23)27(31(29,30)14-5-6-14)9-12-1-3-13(11-28)4-2-12/h1-4,7-8,11,14,17H,5-6,9-10,24H2. The first-order valence-corrected chi connectivity index (χ1v) is 11.4. The van der Waals surface area contributed by atoms with Crippen LogP contribution in [0.4, 0.5) is 20.3 Å². The van der Waals surface area contributed by atoms with Gasteiger partial charge in [0.2, 0.25) is 10.0 Å². The number of alkyl halides is 2. The van der Waals surface area contributed by atoms with Crippen molar-refractivity contribution in [1.29, 1.82) is 0 Å². The molecule has 7 nitrogen and oxygen atoms in total. The molecule has 1 aliphatic rings. The van der Waals surface area contributed by atoms with Gasteiger partial charge in [-0.05, 0) is 30.5 Å². The Labute approximate surface area is 182 Å². The lowest BCUT2D eigenvalue weighted by Crippen LogP contribution is -2.34. The zero-order valence-electron chi connectivity index (χ0n) is 16.2. The Morgan fingerprint density at radius 2 is 1.90 bits per heavy atom. The topological polar surface area (TPSA) is 98.3 Å². The van der Waals surface area contributed by atoms with Crippen molar-refractivity contribution in [2.75, 3.05) is 10.0 Å². The number of rotatable bonds is 8. The fraction of sp³-hybridized carbons (Fsp3) is 0.300. The Kier molecular flexibility index (Phi) is 5.61. The lowest BCUT2D eigenvalue weighted by molar-refractivity contribution is 0.112. The highest BCUT2D eigenvalue weighted by Crippen LogP contribution is 2.41. The minimum Gasteiger partial charge on any atom is -0.397 e. The summed E-state index contributed by atoms with van der Waals surface area (Å²) in [5.74, 6) is -0.0423. The molecule has 1 saturated carbocycles. The van der Waals surface area contributed by atoms with Crippen LogP contribution in [0.5, 0.6) is 0 Å². The maximum Gasteiger partial charge on any atom is 0.257 e. The van der Waals surface area contributed by atoms with Crippen LogP contribution in [0.3, 0.4) is 0 Å². The van der Waals surface area contributed by atoms with E-state index in [9.17, 15) is 22.0 Å². The van der Waals surface area contributed by atoms with E-state index in [-0.39, 0.29) is 34.0 Å². The molecular formula is C20H19ClF2N4O3S. The van der Waals surface area contributed by atoms with Crippen molar-refractivity contribution in [1.82, 2.24) is 9.78 Å². The summed E-state index contributed by atoms with van der Waals surface area (Å²) >= 11 is 6.36. The summed E-state index contributed by atoms with van der Waals surface area (Å²) in [5, 5.41) is 4.01. The van der Waals surface area contributed by atoms with Gasteiger partial charge in [-0.2, -0.15) is 5.10 Å². The van der Waals surface area contributed by atoms with Crippen molar-refractivity contribution >= 4 is 50.3 Å². The summed E-state index contributed by atoms with van der Waals surface area (Å²) in [7, 11) is -3.83. The molecule has 0 unspecified atom stereocenters. The molecule has 0 radical (unpaired) electrons.